The molecule has 8 heteroatoms. The smallest absolute Gasteiger partial charge is 0.416 e. The van der Waals surface area contributed by atoms with E-state index in [4.69, 9.17) is 9.47 Å². The molecule has 33 heavy (non-hydrogen) atoms. The number of ketones is 1. The van der Waals surface area contributed by atoms with Crippen molar-refractivity contribution in [1.82, 2.24) is 0 Å². The van der Waals surface area contributed by atoms with E-state index in [-0.39, 0.29) is 29.5 Å². The van der Waals surface area contributed by atoms with E-state index in [1.54, 1.807) is 6.92 Å². The molecule has 0 aromatic heterocycles. The number of fused-ring (bicyclic) bond motifs is 1. The molecule has 2 heterocycles. The van der Waals surface area contributed by atoms with E-state index in [2.05, 4.69) is 4.99 Å². The van der Waals surface area contributed by atoms with Crippen molar-refractivity contribution in [2.24, 2.45) is 16.3 Å². The van der Waals surface area contributed by atoms with Crippen LogP contribution in [0.15, 0.2) is 40.5 Å². The Morgan fingerprint density at radius 2 is 1.88 bits per heavy atom. The summed E-state index contributed by atoms with van der Waals surface area (Å²) in [4.78, 5) is 31.1. The highest BCUT2D eigenvalue weighted by Gasteiger charge is 2.48. The number of rotatable bonds is 4. The van der Waals surface area contributed by atoms with Gasteiger partial charge in [0, 0.05) is 30.4 Å². The lowest BCUT2D eigenvalue weighted by molar-refractivity contribution is -0.143. The fourth-order valence-corrected chi connectivity index (χ4v) is 5.12. The molecule has 3 atom stereocenters. The maximum atomic E-state index is 13.2. The number of esters is 1. The van der Waals surface area contributed by atoms with Gasteiger partial charge in [-0.15, -0.1) is 0 Å². The van der Waals surface area contributed by atoms with Gasteiger partial charge in [-0.1, -0.05) is 26.0 Å². The number of nitrogens with zero attached hydrogens (tertiary/aromatic N) is 1. The van der Waals surface area contributed by atoms with E-state index in [9.17, 15) is 22.8 Å². The third-order valence-electron chi connectivity index (χ3n) is 6.61. The topological polar surface area (TPSA) is 65.0 Å². The fourth-order valence-electron chi connectivity index (χ4n) is 5.12. The van der Waals surface area contributed by atoms with E-state index in [0.717, 1.165) is 25.0 Å². The quantitative estimate of drug-likeness (QED) is 0.573. The third-order valence-corrected chi connectivity index (χ3v) is 6.61. The highest BCUT2D eigenvalue weighted by Crippen LogP contribution is 2.47. The molecule has 1 saturated carbocycles. The Morgan fingerprint density at radius 1 is 1.18 bits per heavy atom. The standard InChI is InChI=1S/C25H28F3NO4/c1-14-20(23(31)33-13-17-5-4-10-32-17)21(15-6-8-16(9-7-15)25(26,27)28)22-18(29-14)11-24(2,3)12-19(22)30/h6-9,17,21-22H,4-5,10-13H2,1-3H3/t17-,21-,22-/m0/s1. The Kier molecular flexibility index (Phi) is 6.24. The van der Waals surface area contributed by atoms with Crippen LogP contribution >= 0.6 is 0 Å². The lowest BCUT2D eigenvalue weighted by Gasteiger charge is -2.41. The minimum absolute atomic E-state index is 0.0631. The van der Waals surface area contributed by atoms with Crippen LogP contribution in [-0.2, 0) is 25.2 Å². The predicted molar refractivity (Wildman–Crippen MR) is 116 cm³/mol. The fraction of sp³-hybridized carbons (Fsp3) is 0.560. The number of hydrogen-bond donors (Lipinski definition) is 0. The lowest BCUT2D eigenvalue weighted by atomic mass is 9.63. The normalized spacial score (nSPS) is 27.3. The van der Waals surface area contributed by atoms with Gasteiger partial charge in [-0.2, -0.15) is 13.2 Å². The highest BCUT2D eigenvalue weighted by molar-refractivity contribution is 6.12. The van der Waals surface area contributed by atoms with E-state index in [0.29, 0.717) is 36.4 Å². The van der Waals surface area contributed by atoms with Crippen LogP contribution in [0.1, 0.15) is 63.5 Å². The monoisotopic (exact) mass is 463 g/mol. The van der Waals surface area contributed by atoms with Crippen LogP contribution in [0.3, 0.4) is 0 Å². The van der Waals surface area contributed by atoms with Crippen LogP contribution in [0.4, 0.5) is 13.2 Å². The zero-order chi connectivity index (χ0) is 24.0. The molecule has 0 radical (unpaired) electrons. The molecule has 2 aliphatic heterocycles. The number of carbonyl (C=O) groups is 2. The van der Waals surface area contributed by atoms with Gasteiger partial charge in [0.05, 0.1) is 23.2 Å². The van der Waals surface area contributed by atoms with Gasteiger partial charge in [-0.3, -0.25) is 9.79 Å². The molecule has 0 spiro atoms. The largest absolute Gasteiger partial charge is 0.460 e. The number of benzene rings is 1. The molecule has 0 unspecified atom stereocenters. The number of hydrogen-bond acceptors (Lipinski definition) is 5. The summed E-state index contributed by atoms with van der Waals surface area (Å²) in [5, 5.41) is 0. The van der Waals surface area contributed by atoms with E-state index < -0.39 is 29.5 Å². The average Bonchev–Trinajstić information content (AvgIpc) is 3.23. The Morgan fingerprint density at radius 3 is 2.48 bits per heavy atom. The van der Waals surface area contributed by atoms with Gasteiger partial charge in [-0.05, 0) is 49.3 Å². The van der Waals surface area contributed by atoms with Crippen LogP contribution in [-0.4, -0.2) is 36.8 Å². The minimum atomic E-state index is -4.48. The van der Waals surface area contributed by atoms with Crippen molar-refractivity contribution < 1.29 is 32.2 Å². The molecule has 1 aromatic carbocycles. The van der Waals surface area contributed by atoms with Crippen molar-refractivity contribution in [2.45, 2.75) is 64.7 Å². The number of carbonyl (C=O) groups excluding carboxylic acids is 2. The maximum absolute atomic E-state index is 13.2. The molecule has 1 aromatic rings. The van der Waals surface area contributed by atoms with Crippen LogP contribution in [0.5, 0.6) is 0 Å². The van der Waals surface area contributed by atoms with Gasteiger partial charge < -0.3 is 9.47 Å². The van der Waals surface area contributed by atoms with E-state index in [1.165, 1.54) is 12.1 Å². The molecule has 3 aliphatic rings. The number of allylic oxidation sites excluding steroid dienone is 1. The summed E-state index contributed by atoms with van der Waals surface area (Å²) in [6.07, 6.45) is -2.05. The van der Waals surface area contributed by atoms with Crippen molar-refractivity contribution in [3.63, 3.8) is 0 Å². The highest BCUT2D eigenvalue weighted by atomic mass is 19.4. The van der Waals surface area contributed by atoms with Crippen molar-refractivity contribution in [3.8, 4) is 0 Å². The first-order valence-electron chi connectivity index (χ1n) is 11.2. The number of Topliss-reactive ketones (excluding diaryl/α,β-unsaturated/α-hetero) is 1. The van der Waals surface area contributed by atoms with Crippen LogP contribution in [0, 0.1) is 11.3 Å². The summed E-state index contributed by atoms with van der Waals surface area (Å²) in [6, 6.07) is 4.68. The third kappa shape index (κ3) is 4.90. The summed E-state index contributed by atoms with van der Waals surface area (Å²) in [7, 11) is 0. The Hall–Kier alpha value is -2.48. The van der Waals surface area contributed by atoms with Crippen molar-refractivity contribution in [2.75, 3.05) is 13.2 Å². The molecule has 0 N–H and O–H groups in total. The van der Waals surface area contributed by atoms with Crippen LogP contribution in [0.25, 0.3) is 0 Å². The molecular formula is C25H28F3NO4. The first-order chi connectivity index (χ1) is 15.5. The van der Waals surface area contributed by atoms with Gasteiger partial charge >= 0.3 is 12.1 Å². The van der Waals surface area contributed by atoms with Gasteiger partial charge in [0.2, 0.25) is 0 Å². The number of ether oxygens (including phenoxy) is 2. The number of aliphatic imine (C=N–C) groups is 1. The number of alkyl halides is 3. The molecular weight excluding hydrogens is 435 g/mol. The second kappa shape index (κ2) is 8.70. The molecule has 5 nitrogen and oxygen atoms in total. The SMILES string of the molecule is CC1=C(C(=O)OC[C@@H]2CCCO2)[C@H](c2ccc(C(F)(F)F)cc2)[C@@H]2C(=O)CC(C)(C)CC2=N1. The lowest BCUT2D eigenvalue weighted by Crippen LogP contribution is -2.44. The second-order valence-electron chi connectivity index (χ2n) is 9.89. The molecule has 0 amide bonds. The van der Waals surface area contributed by atoms with Crippen molar-refractivity contribution in [1.29, 1.82) is 0 Å². The summed E-state index contributed by atoms with van der Waals surface area (Å²) in [5.41, 5.74) is 0.764. The Balaban J connectivity index is 1.72. The predicted octanol–water partition coefficient (Wildman–Crippen LogP) is 5.25. The number of halogens is 3. The zero-order valence-corrected chi connectivity index (χ0v) is 19.0. The molecule has 1 saturated heterocycles. The maximum Gasteiger partial charge on any atom is 0.416 e. The van der Waals surface area contributed by atoms with Crippen LogP contribution in [0.2, 0.25) is 0 Å². The molecule has 1 aliphatic carbocycles. The van der Waals surface area contributed by atoms with Crippen LogP contribution < -0.4 is 0 Å². The van der Waals surface area contributed by atoms with Crippen molar-refractivity contribution >= 4 is 17.5 Å². The summed E-state index contributed by atoms with van der Waals surface area (Å²) in [6.45, 7) is 6.38. The first kappa shape index (κ1) is 23.7. The molecule has 0 bridgehead atoms. The van der Waals surface area contributed by atoms with Gasteiger partial charge in [0.25, 0.3) is 0 Å². The second-order valence-corrected chi connectivity index (χ2v) is 9.89. The summed E-state index contributed by atoms with van der Waals surface area (Å²) in [5.74, 6) is -2.09. The molecule has 4 rings (SSSR count). The van der Waals surface area contributed by atoms with E-state index >= 15 is 0 Å². The average molecular weight is 463 g/mol. The minimum Gasteiger partial charge on any atom is -0.460 e. The summed E-state index contributed by atoms with van der Waals surface area (Å²) < 4.78 is 50.4. The van der Waals surface area contributed by atoms with Gasteiger partial charge in [-0.25, -0.2) is 4.79 Å². The Bertz CT molecular complexity index is 1000. The first-order valence-corrected chi connectivity index (χ1v) is 11.2. The summed E-state index contributed by atoms with van der Waals surface area (Å²) >= 11 is 0. The zero-order valence-electron chi connectivity index (χ0n) is 19.0. The Labute approximate surface area is 191 Å². The van der Waals surface area contributed by atoms with Gasteiger partial charge in [0.15, 0.2) is 0 Å². The molecule has 2 fully saturated rings. The van der Waals surface area contributed by atoms with Crippen molar-refractivity contribution in [3.05, 3.63) is 46.7 Å². The molecule has 178 valence electrons. The van der Waals surface area contributed by atoms with E-state index in [1.807, 2.05) is 13.8 Å². The van der Waals surface area contributed by atoms with Gasteiger partial charge in [0.1, 0.15) is 12.4 Å².